The first-order chi connectivity index (χ1) is 9.02. The zero-order valence-electron chi connectivity index (χ0n) is 13.1. The Balaban J connectivity index is 2.52. The van der Waals surface area contributed by atoms with Crippen LogP contribution in [-0.2, 0) is 13.1 Å². The van der Waals surface area contributed by atoms with Gasteiger partial charge < -0.3 is 5.32 Å². The van der Waals surface area contributed by atoms with Crippen LogP contribution in [0.3, 0.4) is 0 Å². The number of nitrogens with zero attached hydrogens (tertiary/aromatic N) is 2. The summed E-state index contributed by atoms with van der Waals surface area (Å²) in [6.07, 6.45) is 1.17. The second kappa shape index (κ2) is 8.28. The van der Waals surface area contributed by atoms with Crippen molar-refractivity contribution in [3.63, 3.8) is 0 Å². The van der Waals surface area contributed by atoms with Crippen molar-refractivity contribution in [2.75, 3.05) is 13.6 Å². The summed E-state index contributed by atoms with van der Waals surface area (Å²) in [7, 11) is 2.17. The molecule has 0 radical (unpaired) electrons. The Bertz CT molecular complexity index is 363. The third-order valence-electron chi connectivity index (χ3n) is 3.48. The standard InChI is InChI=1S/C16H29N3/c1-6-14(4)19(5)12-16-9-7-8-15(18-16)11-17-10-13(2)3/h7-9,13-14,17H,6,10-12H2,1-5H3. The van der Waals surface area contributed by atoms with Gasteiger partial charge in [-0.2, -0.15) is 0 Å². The number of pyridine rings is 1. The molecule has 3 nitrogen and oxygen atoms in total. The number of hydrogen-bond donors (Lipinski definition) is 1. The van der Waals surface area contributed by atoms with Gasteiger partial charge in [-0.1, -0.05) is 26.8 Å². The van der Waals surface area contributed by atoms with Gasteiger partial charge in [-0.05, 0) is 45.0 Å². The minimum absolute atomic E-state index is 0.601. The van der Waals surface area contributed by atoms with Crippen molar-refractivity contribution < 1.29 is 0 Å². The molecule has 0 amide bonds. The fourth-order valence-corrected chi connectivity index (χ4v) is 1.93. The van der Waals surface area contributed by atoms with E-state index in [2.05, 4.69) is 63.2 Å². The lowest BCUT2D eigenvalue weighted by molar-refractivity contribution is 0.241. The summed E-state index contributed by atoms with van der Waals surface area (Å²) in [5.41, 5.74) is 2.29. The highest BCUT2D eigenvalue weighted by molar-refractivity contribution is 5.11. The lowest BCUT2D eigenvalue weighted by atomic mass is 10.2. The first-order valence-corrected chi connectivity index (χ1v) is 7.38. The van der Waals surface area contributed by atoms with Crippen molar-refractivity contribution in [2.45, 2.75) is 53.2 Å². The average Bonchev–Trinajstić information content (AvgIpc) is 2.37. The number of nitrogens with one attached hydrogen (secondary N) is 1. The molecule has 1 heterocycles. The van der Waals surface area contributed by atoms with E-state index in [-0.39, 0.29) is 0 Å². The van der Waals surface area contributed by atoms with Gasteiger partial charge in [0.05, 0.1) is 11.4 Å². The molecule has 1 aromatic rings. The lowest BCUT2D eigenvalue weighted by Crippen LogP contribution is -2.28. The van der Waals surface area contributed by atoms with Crippen LogP contribution in [0.1, 0.15) is 45.5 Å². The van der Waals surface area contributed by atoms with Gasteiger partial charge >= 0.3 is 0 Å². The van der Waals surface area contributed by atoms with Crippen LogP contribution < -0.4 is 5.32 Å². The van der Waals surface area contributed by atoms with Gasteiger partial charge in [0.25, 0.3) is 0 Å². The van der Waals surface area contributed by atoms with E-state index >= 15 is 0 Å². The van der Waals surface area contributed by atoms with Crippen molar-refractivity contribution in [3.8, 4) is 0 Å². The highest BCUT2D eigenvalue weighted by Gasteiger charge is 2.08. The van der Waals surface area contributed by atoms with Crippen LogP contribution in [-0.4, -0.2) is 29.5 Å². The van der Waals surface area contributed by atoms with Crippen LogP contribution in [0.4, 0.5) is 0 Å². The van der Waals surface area contributed by atoms with Crippen molar-refractivity contribution >= 4 is 0 Å². The van der Waals surface area contributed by atoms with E-state index in [0.717, 1.165) is 31.0 Å². The largest absolute Gasteiger partial charge is 0.311 e. The molecule has 0 spiro atoms. The van der Waals surface area contributed by atoms with Crippen molar-refractivity contribution in [1.82, 2.24) is 15.2 Å². The van der Waals surface area contributed by atoms with Gasteiger partial charge in [-0.15, -0.1) is 0 Å². The summed E-state index contributed by atoms with van der Waals surface area (Å²) >= 11 is 0. The second-order valence-corrected chi connectivity index (χ2v) is 5.82. The van der Waals surface area contributed by atoms with Crippen LogP contribution in [0.5, 0.6) is 0 Å². The molecule has 108 valence electrons. The number of hydrogen-bond acceptors (Lipinski definition) is 3. The number of rotatable bonds is 8. The van der Waals surface area contributed by atoms with E-state index in [1.54, 1.807) is 0 Å². The van der Waals surface area contributed by atoms with E-state index < -0.39 is 0 Å². The van der Waals surface area contributed by atoms with Crippen molar-refractivity contribution in [1.29, 1.82) is 0 Å². The van der Waals surface area contributed by atoms with E-state index in [9.17, 15) is 0 Å². The normalized spacial score (nSPS) is 13.2. The topological polar surface area (TPSA) is 28.2 Å². The SMILES string of the molecule is CCC(C)N(C)Cc1cccc(CNCC(C)C)n1. The Labute approximate surface area is 118 Å². The quantitative estimate of drug-likeness (QED) is 0.781. The van der Waals surface area contributed by atoms with Gasteiger partial charge in [0, 0.05) is 19.1 Å². The average molecular weight is 263 g/mol. The molecule has 1 aromatic heterocycles. The van der Waals surface area contributed by atoms with E-state index in [0.29, 0.717) is 12.0 Å². The molecule has 0 bridgehead atoms. The molecule has 0 saturated heterocycles. The fourth-order valence-electron chi connectivity index (χ4n) is 1.93. The monoisotopic (exact) mass is 263 g/mol. The molecule has 1 N–H and O–H groups in total. The molecule has 1 atom stereocenters. The van der Waals surface area contributed by atoms with Gasteiger partial charge in [0.2, 0.25) is 0 Å². The highest BCUT2D eigenvalue weighted by atomic mass is 15.1. The third kappa shape index (κ3) is 6.17. The molecule has 3 heteroatoms. The zero-order valence-corrected chi connectivity index (χ0v) is 13.1. The Morgan fingerprint density at radius 2 is 1.89 bits per heavy atom. The van der Waals surface area contributed by atoms with Gasteiger partial charge in [0.15, 0.2) is 0 Å². The Morgan fingerprint density at radius 3 is 2.53 bits per heavy atom. The predicted molar refractivity (Wildman–Crippen MR) is 82.0 cm³/mol. The molecular weight excluding hydrogens is 234 g/mol. The second-order valence-electron chi connectivity index (χ2n) is 5.82. The molecule has 0 aromatic carbocycles. The maximum Gasteiger partial charge on any atom is 0.0547 e. The Morgan fingerprint density at radius 1 is 1.21 bits per heavy atom. The first kappa shape index (κ1) is 16.1. The highest BCUT2D eigenvalue weighted by Crippen LogP contribution is 2.07. The van der Waals surface area contributed by atoms with Gasteiger partial charge in [-0.25, -0.2) is 0 Å². The van der Waals surface area contributed by atoms with Crippen LogP contribution in [0, 0.1) is 5.92 Å². The first-order valence-electron chi connectivity index (χ1n) is 7.38. The summed E-state index contributed by atoms with van der Waals surface area (Å²) in [4.78, 5) is 7.08. The lowest BCUT2D eigenvalue weighted by Gasteiger charge is -2.23. The molecule has 0 aliphatic heterocycles. The van der Waals surface area contributed by atoms with Crippen LogP contribution in [0.25, 0.3) is 0 Å². The molecule has 0 aliphatic rings. The summed E-state index contributed by atoms with van der Waals surface area (Å²) in [6, 6.07) is 6.92. The molecule has 0 saturated carbocycles. The zero-order chi connectivity index (χ0) is 14.3. The molecule has 1 unspecified atom stereocenters. The van der Waals surface area contributed by atoms with Crippen molar-refractivity contribution in [3.05, 3.63) is 29.6 Å². The van der Waals surface area contributed by atoms with Gasteiger partial charge in [0.1, 0.15) is 0 Å². The van der Waals surface area contributed by atoms with Crippen LogP contribution >= 0.6 is 0 Å². The number of aromatic nitrogens is 1. The van der Waals surface area contributed by atoms with E-state index in [1.165, 1.54) is 6.42 Å². The summed E-state index contributed by atoms with van der Waals surface area (Å²) in [5.74, 6) is 0.680. The Kier molecular flexibility index (Phi) is 7.03. The minimum atomic E-state index is 0.601. The smallest absolute Gasteiger partial charge is 0.0547 e. The summed E-state index contributed by atoms with van der Waals surface area (Å²) < 4.78 is 0. The maximum absolute atomic E-state index is 4.72. The minimum Gasteiger partial charge on any atom is -0.311 e. The summed E-state index contributed by atoms with van der Waals surface area (Å²) in [6.45, 7) is 11.7. The maximum atomic E-state index is 4.72. The van der Waals surface area contributed by atoms with Crippen LogP contribution in [0.15, 0.2) is 18.2 Å². The Hall–Kier alpha value is -0.930. The predicted octanol–water partition coefficient (Wildman–Crippen LogP) is 3.06. The molecular formula is C16H29N3. The molecule has 0 aliphatic carbocycles. The van der Waals surface area contributed by atoms with Crippen LogP contribution in [0.2, 0.25) is 0 Å². The van der Waals surface area contributed by atoms with E-state index in [1.807, 2.05) is 0 Å². The summed E-state index contributed by atoms with van der Waals surface area (Å²) in [5, 5.41) is 3.44. The molecule has 0 fully saturated rings. The molecule has 19 heavy (non-hydrogen) atoms. The van der Waals surface area contributed by atoms with E-state index in [4.69, 9.17) is 4.98 Å². The fraction of sp³-hybridized carbons (Fsp3) is 0.688. The third-order valence-corrected chi connectivity index (χ3v) is 3.48. The van der Waals surface area contributed by atoms with Gasteiger partial charge in [-0.3, -0.25) is 9.88 Å². The van der Waals surface area contributed by atoms with Crippen molar-refractivity contribution in [2.24, 2.45) is 5.92 Å². The molecule has 1 rings (SSSR count).